The highest BCUT2D eigenvalue weighted by molar-refractivity contribution is 5.33. The lowest BCUT2D eigenvalue weighted by Crippen LogP contribution is -2.49. The van der Waals surface area contributed by atoms with Crippen LogP contribution in [0.3, 0.4) is 0 Å². The second-order valence-electron chi connectivity index (χ2n) is 7.09. The average Bonchev–Trinajstić information content (AvgIpc) is 2.46. The summed E-state index contributed by atoms with van der Waals surface area (Å²) in [6.07, 6.45) is 6.12. The summed E-state index contributed by atoms with van der Waals surface area (Å²) < 4.78 is 6.46. The van der Waals surface area contributed by atoms with Crippen LogP contribution in [0.15, 0.2) is 24.3 Å². The zero-order valence-electron chi connectivity index (χ0n) is 14.1. The third-order valence-corrected chi connectivity index (χ3v) is 4.62. The van der Waals surface area contributed by atoms with Gasteiger partial charge < -0.3 is 10.1 Å². The SMILES string of the molecule is CCCNC1CCC(C)(C)CC1Oc1ccccc1CC. The summed E-state index contributed by atoms with van der Waals surface area (Å²) in [6, 6.07) is 8.97. The molecular weight excluding hydrogens is 258 g/mol. The fourth-order valence-corrected chi connectivity index (χ4v) is 3.28. The van der Waals surface area contributed by atoms with Gasteiger partial charge in [0, 0.05) is 6.04 Å². The predicted molar refractivity (Wildman–Crippen MR) is 89.9 cm³/mol. The van der Waals surface area contributed by atoms with Crippen LogP contribution in [-0.4, -0.2) is 18.7 Å². The molecule has 0 heterocycles. The first-order valence-electron chi connectivity index (χ1n) is 8.53. The molecule has 1 aliphatic carbocycles. The maximum Gasteiger partial charge on any atom is 0.122 e. The Morgan fingerprint density at radius 3 is 2.71 bits per heavy atom. The van der Waals surface area contributed by atoms with E-state index in [9.17, 15) is 0 Å². The van der Waals surface area contributed by atoms with Gasteiger partial charge in [-0.15, -0.1) is 0 Å². The molecule has 1 aromatic carbocycles. The maximum absolute atomic E-state index is 6.46. The van der Waals surface area contributed by atoms with Gasteiger partial charge in [0.05, 0.1) is 0 Å². The Morgan fingerprint density at radius 2 is 2.00 bits per heavy atom. The Morgan fingerprint density at radius 1 is 1.24 bits per heavy atom. The van der Waals surface area contributed by atoms with Crippen molar-refractivity contribution in [2.24, 2.45) is 5.41 Å². The molecule has 1 saturated carbocycles. The Hall–Kier alpha value is -1.02. The number of aryl methyl sites for hydroxylation is 1. The molecule has 1 fully saturated rings. The monoisotopic (exact) mass is 289 g/mol. The first kappa shape index (κ1) is 16.4. The van der Waals surface area contributed by atoms with E-state index >= 15 is 0 Å². The van der Waals surface area contributed by atoms with E-state index in [-0.39, 0.29) is 6.10 Å². The van der Waals surface area contributed by atoms with Crippen LogP contribution in [0, 0.1) is 5.41 Å². The third kappa shape index (κ3) is 4.47. The van der Waals surface area contributed by atoms with E-state index in [1.807, 2.05) is 0 Å². The molecule has 21 heavy (non-hydrogen) atoms. The summed E-state index contributed by atoms with van der Waals surface area (Å²) >= 11 is 0. The molecule has 0 aliphatic heterocycles. The van der Waals surface area contributed by atoms with Crippen LogP contribution in [-0.2, 0) is 6.42 Å². The zero-order chi connectivity index (χ0) is 15.3. The van der Waals surface area contributed by atoms with Crippen molar-refractivity contribution >= 4 is 0 Å². The van der Waals surface area contributed by atoms with Crippen LogP contribution in [0.1, 0.15) is 58.9 Å². The van der Waals surface area contributed by atoms with E-state index in [0.717, 1.165) is 25.1 Å². The normalized spacial score (nSPS) is 24.8. The Kier molecular flexibility index (Phi) is 5.69. The molecule has 2 heteroatoms. The standard InChI is InChI=1S/C19H31NO/c1-5-13-20-16-11-12-19(3,4)14-18(16)21-17-10-8-7-9-15(17)6-2/h7-10,16,18,20H,5-6,11-14H2,1-4H3. The molecule has 0 aromatic heterocycles. The predicted octanol–water partition coefficient (Wildman–Crippen LogP) is 4.57. The molecule has 0 amide bonds. The number of nitrogens with one attached hydrogen (secondary N) is 1. The average molecular weight is 289 g/mol. The lowest BCUT2D eigenvalue weighted by molar-refractivity contribution is 0.0525. The van der Waals surface area contributed by atoms with Gasteiger partial charge in [0.25, 0.3) is 0 Å². The summed E-state index contributed by atoms with van der Waals surface area (Å²) in [4.78, 5) is 0. The van der Waals surface area contributed by atoms with Crippen molar-refractivity contribution < 1.29 is 4.74 Å². The Bertz CT molecular complexity index is 441. The second-order valence-corrected chi connectivity index (χ2v) is 7.09. The van der Waals surface area contributed by atoms with E-state index in [4.69, 9.17) is 4.74 Å². The molecular formula is C19H31NO. The molecule has 1 N–H and O–H groups in total. The van der Waals surface area contributed by atoms with E-state index in [1.165, 1.54) is 24.8 Å². The number of para-hydroxylation sites is 1. The molecule has 0 saturated heterocycles. The van der Waals surface area contributed by atoms with E-state index in [2.05, 4.69) is 57.3 Å². The van der Waals surface area contributed by atoms with Gasteiger partial charge in [-0.25, -0.2) is 0 Å². The fourth-order valence-electron chi connectivity index (χ4n) is 3.28. The number of hydrogen-bond acceptors (Lipinski definition) is 2. The van der Waals surface area contributed by atoms with Crippen LogP contribution in [0.5, 0.6) is 5.75 Å². The van der Waals surface area contributed by atoms with Gasteiger partial charge in [-0.2, -0.15) is 0 Å². The summed E-state index contributed by atoms with van der Waals surface area (Å²) in [5, 5.41) is 3.69. The van der Waals surface area contributed by atoms with Crippen LogP contribution in [0.25, 0.3) is 0 Å². The first-order valence-corrected chi connectivity index (χ1v) is 8.53. The summed E-state index contributed by atoms with van der Waals surface area (Å²) in [5.41, 5.74) is 1.70. The molecule has 1 aliphatic rings. The third-order valence-electron chi connectivity index (χ3n) is 4.62. The van der Waals surface area contributed by atoms with Gasteiger partial charge in [-0.05, 0) is 55.7 Å². The molecule has 118 valence electrons. The molecule has 1 aromatic rings. The number of ether oxygens (including phenoxy) is 1. The molecule has 2 rings (SSSR count). The summed E-state index contributed by atoms with van der Waals surface area (Å²) in [5.74, 6) is 1.07. The van der Waals surface area contributed by atoms with Gasteiger partial charge in [-0.1, -0.05) is 45.9 Å². The van der Waals surface area contributed by atoms with Gasteiger partial charge in [0.15, 0.2) is 0 Å². The topological polar surface area (TPSA) is 21.3 Å². The van der Waals surface area contributed by atoms with Crippen molar-refractivity contribution in [3.8, 4) is 5.75 Å². The molecule has 0 radical (unpaired) electrons. The largest absolute Gasteiger partial charge is 0.489 e. The lowest BCUT2D eigenvalue weighted by Gasteiger charge is -2.41. The van der Waals surface area contributed by atoms with Gasteiger partial charge >= 0.3 is 0 Å². The number of hydrogen-bond donors (Lipinski definition) is 1. The van der Waals surface area contributed by atoms with Crippen molar-refractivity contribution in [2.75, 3.05) is 6.54 Å². The Balaban J connectivity index is 2.11. The fraction of sp³-hybridized carbons (Fsp3) is 0.684. The van der Waals surface area contributed by atoms with Crippen molar-refractivity contribution in [1.29, 1.82) is 0 Å². The molecule has 0 spiro atoms. The minimum atomic E-state index is 0.285. The molecule has 2 atom stereocenters. The van der Waals surface area contributed by atoms with Crippen molar-refractivity contribution in [3.05, 3.63) is 29.8 Å². The van der Waals surface area contributed by atoms with Gasteiger partial charge in [0.2, 0.25) is 0 Å². The number of rotatable bonds is 6. The van der Waals surface area contributed by atoms with Crippen molar-refractivity contribution in [3.63, 3.8) is 0 Å². The second kappa shape index (κ2) is 7.31. The minimum Gasteiger partial charge on any atom is -0.489 e. The van der Waals surface area contributed by atoms with Crippen LogP contribution >= 0.6 is 0 Å². The quantitative estimate of drug-likeness (QED) is 0.828. The van der Waals surface area contributed by atoms with E-state index in [1.54, 1.807) is 0 Å². The lowest BCUT2D eigenvalue weighted by atomic mass is 9.74. The van der Waals surface area contributed by atoms with Crippen LogP contribution < -0.4 is 10.1 Å². The van der Waals surface area contributed by atoms with Crippen molar-refractivity contribution in [1.82, 2.24) is 5.32 Å². The maximum atomic E-state index is 6.46. The Labute approximate surface area is 130 Å². The first-order chi connectivity index (χ1) is 10.1. The summed E-state index contributed by atoms with van der Waals surface area (Å²) in [7, 11) is 0. The minimum absolute atomic E-state index is 0.285. The zero-order valence-corrected chi connectivity index (χ0v) is 14.1. The van der Waals surface area contributed by atoms with Crippen LogP contribution in [0.2, 0.25) is 0 Å². The highest BCUT2D eigenvalue weighted by Gasteiger charge is 2.36. The smallest absolute Gasteiger partial charge is 0.122 e. The highest BCUT2D eigenvalue weighted by Crippen LogP contribution is 2.37. The summed E-state index contributed by atoms with van der Waals surface area (Å²) in [6.45, 7) is 10.2. The molecule has 0 bridgehead atoms. The van der Waals surface area contributed by atoms with Crippen LogP contribution in [0.4, 0.5) is 0 Å². The van der Waals surface area contributed by atoms with E-state index in [0.29, 0.717) is 11.5 Å². The van der Waals surface area contributed by atoms with Crippen molar-refractivity contribution in [2.45, 2.75) is 71.9 Å². The molecule has 2 nitrogen and oxygen atoms in total. The number of benzene rings is 1. The van der Waals surface area contributed by atoms with E-state index < -0.39 is 0 Å². The van der Waals surface area contributed by atoms with Gasteiger partial charge in [0.1, 0.15) is 11.9 Å². The molecule has 2 unspecified atom stereocenters. The van der Waals surface area contributed by atoms with Gasteiger partial charge in [-0.3, -0.25) is 0 Å². The highest BCUT2D eigenvalue weighted by atomic mass is 16.5.